The first-order chi connectivity index (χ1) is 17.4. The Balaban J connectivity index is 1.38. The Morgan fingerprint density at radius 2 is 1.89 bits per heavy atom. The number of piperazine rings is 1. The van der Waals surface area contributed by atoms with E-state index in [1.165, 1.54) is 27.8 Å². The van der Waals surface area contributed by atoms with Crippen molar-refractivity contribution >= 4 is 21.6 Å². The Morgan fingerprint density at radius 1 is 1.19 bits per heavy atom. The molecule has 0 amide bonds. The predicted molar refractivity (Wildman–Crippen MR) is 131 cm³/mol. The van der Waals surface area contributed by atoms with Crippen molar-refractivity contribution in [3.05, 3.63) is 46.5 Å². The van der Waals surface area contributed by atoms with E-state index in [0.29, 0.717) is 61.5 Å². The highest BCUT2D eigenvalue weighted by Gasteiger charge is 2.55. The zero-order valence-corrected chi connectivity index (χ0v) is 22.2. The topological polar surface area (TPSA) is 81.2 Å². The fraction of sp³-hybridized carbons (Fsp3) is 0.609. The number of alkyl halides is 3. The summed E-state index contributed by atoms with van der Waals surface area (Å²) in [5.41, 5.74) is 4.16. The van der Waals surface area contributed by atoms with Gasteiger partial charge < -0.3 is 4.74 Å². The van der Waals surface area contributed by atoms with Crippen molar-refractivity contribution in [2.75, 3.05) is 46.0 Å². The van der Waals surface area contributed by atoms with Crippen LogP contribution in [0.5, 0.6) is 5.88 Å². The summed E-state index contributed by atoms with van der Waals surface area (Å²) in [5, 5.41) is 3.62. The Labute approximate surface area is 219 Å². The molecule has 1 aromatic heterocycles. The third-order valence-electron chi connectivity index (χ3n) is 7.14. The van der Waals surface area contributed by atoms with Gasteiger partial charge in [0.1, 0.15) is 11.7 Å². The van der Waals surface area contributed by atoms with Gasteiger partial charge in [-0.2, -0.15) is 23.0 Å². The van der Waals surface area contributed by atoms with E-state index in [1.807, 2.05) is 4.90 Å². The fourth-order valence-electron chi connectivity index (χ4n) is 5.07. The maximum Gasteiger partial charge on any atom is 0.400 e. The zero-order valence-electron chi connectivity index (χ0n) is 20.6. The molecule has 2 atom stereocenters. The van der Waals surface area contributed by atoms with Crippen molar-refractivity contribution in [3.8, 4) is 5.88 Å². The molecule has 14 heteroatoms. The first-order valence-electron chi connectivity index (χ1n) is 12.1. The van der Waals surface area contributed by atoms with Crippen LogP contribution in [-0.4, -0.2) is 90.9 Å². The second-order valence-electron chi connectivity index (χ2n) is 10.0. The lowest BCUT2D eigenvalue weighted by Crippen LogP contribution is -2.48. The van der Waals surface area contributed by atoms with Crippen LogP contribution >= 0.6 is 11.6 Å². The van der Waals surface area contributed by atoms with Crippen LogP contribution in [-0.2, 0) is 16.6 Å². The van der Waals surface area contributed by atoms with E-state index in [0.717, 1.165) is 12.8 Å². The molecule has 37 heavy (non-hydrogen) atoms. The Kier molecular flexibility index (Phi) is 7.22. The maximum atomic E-state index is 14.5. The smallest absolute Gasteiger partial charge is 0.400 e. The van der Waals surface area contributed by atoms with E-state index in [1.54, 1.807) is 24.2 Å². The quantitative estimate of drug-likeness (QED) is 0.543. The summed E-state index contributed by atoms with van der Waals surface area (Å²) in [5.74, 6) is -1.58. The summed E-state index contributed by atoms with van der Waals surface area (Å²) < 4.78 is 74.3. The summed E-state index contributed by atoms with van der Waals surface area (Å²) in [6.45, 7) is 2.57. The normalized spacial score (nSPS) is 26.2. The molecule has 4 aliphatic rings. The van der Waals surface area contributed by atoms with Gasteiger partial charge in [-0.15, -0.1) is 0 Å². The number of nitrogens with zero attached hydrogens (tertiary/aromatic N) is 5. The average Bonchev–Trinajstić information content (AvgIpc) is 3.57. The SMILES string of the molecule is CN1NN(CC2CC2)C2=CC=C(Oc3ncc(Cl)cc3CN3CCN(S(C)(=O)=O)CC3)C(C(F)(F)F)C21. The molecule has 1 N–H and O–H groups in total. The van der Waals surface area contributed by atoms with Crippen LogP contribution in [0, 0.1) is 11.8 Å². The Morgan fingerprint density at radius 3 is 2.51 bits per heavy atom. The summed E-state index contributed by atoms with van der Waals surface area (Å²) in [6.07, 6.45) is 3.19. The first-order valence-corrected chi connectivity index (χ1v) is 14.4. The summed E-state index contributed by atoms with van der Waals surface area (Å²) in [4.78, 5) is 6.22. The first kappa shape index (κ1) is 26.7. The molecule has 0 spiro atoms. The van der Waals surface area contributed by atoms with E-state index in [-0.39, 0.29) is 11.6 Å². The van der Waals surface area contributed by atoms with Crippen molar-refractivity contribution in [1.82, 2.24) is 29.7 Å². The number of likely N-dealkylation sites (N-methyl/N-ethyl adjacent to an activating group) is 1. The van der Waals surface area contributed by atoms with E-state index in [2.05, 4.69) is 10.5 Å². The van der Waals surface area contributed by atoms with Gasteiger partial charge in [0.15, 0.2) is 0 Å². The van der Waals surface area contributed by atoms with Crippen molar-refractivity contribution < 1.29 is 26.3 Å². The van der Waals surface area contributed by atoms with Gasteiger partial charge in [0.2, 0.25) is 15.9 Å². The number of halogens is 4. The minimum atomic E-state index is -4.56. The van der Waals surface area contributed by atoms with Gasteiger partial charge in [-0.25, -0.2) is 18.4 Å². The minimum absolute atomic E-state index is 0.0516. The van der Waals surface area contributed by atoms with Crippen molar-refractivity contribution in [3.63, 3.8) is 0 Å². The maximum absolute atomic E-state index is 14.5. The third kappa shape index (κ3) is 5.91. The number of pyridine rings is 1. The number of rotatable bonds is 7. The van der Waals surface area contributed by atoms with Crippen LogP contribution in [0.1, 0.15) is 18.4 Å². The second kappa shape index (κ2) is 10.0. The molecule has 1 saturated carbocycles. The van der Waals surface area contributed by atoms with Crippen LogP contribution in [0.15, 0.2) is 35.9 Å². The van der Waals surface area contributed by atoms with Gasteiger partial charge in [0.05, 0.1) is 23.0 Å². The molecule has 1 aromatic rings. The van der Waals surface area contributed by atoms with Crippen LogP contribution in [0.2, 0.25) is 5.02 Å². The highest BCUT2D eigenvalue weighted by Crippen LogP contribution is 2.45. The molecule has 2 aliphatic heterocycles. The number of sulfonamides is 1. The van der Waals surface area contributed by atoms with E-state index < -0.39 is 28.2 Å². The number of hydrogen-bond donors (Lipinski definition) is 1. The van der Waals surface area contributed by atoms with Crippen LogP contribution in [0.3, 0.4) is 0 Å². The van der Waals surface area contributed by atoms with Crippen LogP contribution in [0.4, 0.5) is 13.2 Å². The molecule has 2 aliphatic carbocycles. The number of hydrogen-bond acceptors (Lipinski definition) is 8. The largest absolute Gasteiger partial charge is 0.442 e. The Bertz CT molecular complexity index is 1200. The molecule has 0 radical (unpaired) electrons. The second-order valence-corrected chi connectivity index (χ2v) is 12.5. The number of fused-ring (bicyclic) bond motifs is 1. The van der Waals surface area contributed by atoms with Gasteiger partial charge in [0.25, 0.3) is 0 Å². The van der Waals surface area contributed by atoms with Gasteiger partial charge >= 0.3 is 6.18 Å². The summed E-state index contributed by atoms with van der Waals surface area (Å²) in [7, 11) is -1.67. The predicted octanol–water partition coefficient (Wildman–Crippen LogP) is 2.60. The number of ether oxygens (including phenoxy) is 1. The lowest BCUT2D eigenvalue weighted by molar-refractivity contribution is -0.182. The molecule has 5 rings (SSSR count). The molecule has 0 bridgehead atoms. The monoisotopic (exact) mass is 562 g/mol. The molecule has 9 nitrogen and oxygen atoms in total. The summed E-state index contributed by atoms with van der Waals surface area (Å²) >= 11 is 6.17. The fourth-order valence-corrected chi connectivity index (χ4v) is 6.07. The van der Waals surface area contributed by atoms with E-state index in [9.17, 15) is 21.6 Å². The lowest BCUT2D eigenvalue weighted by Gasteiger charge is -2.34. The highest BCUT2D eigenvalue weighted by molar-refractivity contribution is 7.88. The molecule has 3 fully saturated rings. The number of allylic oxidation sites excluding steroid dienone is 2. The van der Waals surface area contributed by atoms with Crippen LogP contribution < -0.4 is 10.3 Å². The molecular weight excluding hydrogens is 533 g/mol. The lowest BCUT2D eigenvalue weighted by atomic mass is 9.89. The van der Waals surface area contributed by atoms with E-state index >= 15 is 0 Å². The average molecular weight is 563 g/mol. The van der Waals surface area contributed by atoms with Gasteiger partial charge in [0, 0.05) is 58.1 Å². The molecule has 2 unspecified atom stereocenters. The standard InChI is InChI=1S/C23H30ClF3N6O3S/c1-30-21-18(33(29-30)13-15-3-4-15)5-6-19(20(21)23(25,26)27)36-22-16(11-17(24)12-28-22)14-31-7-9-32(10-8-31)37(2,34)35/h5-6,11-12,15,20-21,29H,3-4,7-10,13-14H2,1-2H3. The number of nitrogens with one attached hydrogen (secondary N) is 1. The highest BCUT2D eigenvalue weighted by atomic mass is 35.5. The number of hydrazine groups is 2. The summed E-state index contributed by atoms with van der Waals surface area (Å²) in [6, 6.07) is 0.652. The molecule has 2 saturated heterocycles. The van der Waals surface area contributed by atoms with Crippen LogP contribution in [0.25, 0.3) is 0 Å². The molecular formula is C23H30ClF3N6O3S. The third-order valence-corrected chi connectivity index (χ3v) is 8.65. The molecule has 3 heterocycles. The van der Waals surface area contributed by atoms with Gasteiger partial charge in [-0.3, -0.25) is 9.91 Å². The zero-order chi connectivity index (χ0) is 26.5. The van der Waals surface area contributed by atoms with Crippen molar-refractivity contribution in [2.24, 2.45) is 11.8 Å². The molecule has 204 valence electrons. The van der Waals surface area contributed by atoms with Gasteiger partial charge in [-0.05, 0) is 37.0 Å². The number of aromatic nitrogens is 1. The Hall–Kier alpha value is -1.90. The molecule has 0 aromatic carbocycles. The van der Waals surface area contributed by atoms with Crippen molar-refractivity contribution in [2.45, 2.75) is 31.6 Å². The van der Waals surface area contributed by atoms with Gasteiger partial charge in [-0.1, -0.05) is 11.6 Å². The minimum Gasteiger partial charge on any atom is -0.442 e. The van der Waals surface area contributed by atoms with Crippen molar-refractivity contribution in [1.29, 1.82) is 0 Å². The van der Waals surface area contributed by atoms with E-state index in [4.69, 9.17) is 16.3 Å².